The highest BCUT2D eigenvalue weighted by Gasteiger charge is 2.40. The molecule has 1 heterocycles. The molecule has 1 N–H and O–H groups in total. The highest BCUT2D eigenvalue weighted by atomic mass is 16.5. The maximum atomic E-state index is 6.04. The van der Waals surface area contributed by atoms with Crippen LogP contribution in [0.15, 0.2) is 4.52 Å². The van der Waals surface area contributed by atoms with Crippen molar-refractivity contribution in [2.24, 2.45) is 5.92 Å². The van der Waals surface area contributed by atoms with Crippen molar-refractivity contribution in [1.29, 1.82) is 0 Å². The lowest BCUT2D eigenvalue weighted by Crippen LogP contribution is -2.35. The zero-order valence-corrected chi connectivity index (χ0v) is 13.4. The molecule has 6 heteroatoms. The van der Waals surface area contributed by atoms with Crippen molar-refractivity contribution in [3.05, 3.63) is 11.7 Å². The molecule has 0 saturated heterocycles. The van der Waals surface area contributed by atoms with Crippen LogP contribution in [0, 0.1) is 5.92 Å². The topological polar surface area (TPSA) is 69.4 Å². The van der Waals surface area contributed by atoms with E-state index in [1.165, 1.54) is 0 Å². The quantitative estimate of drug-likeness (QED) is 0.742. The Morgan fingerprint density at radius 1 is 1.38 bits per heavy atom. The first kappa shape index (κ1) is 16.4. The zero-order valence-electron chi connectivity index (χ0n) is 13.4. The van der Waals surface area contributed by atoms with Crippen LogP contribution in [0.5, 0.6) is 0 Å². The maximum absolute atomic E-state index is 6.04. The van der Waals surface area contributed by atoms with Crippen molar-refractivity contribution in [2.45, 2.75) is 51.7 Å². The largest absolute Gasteiger partial charge is 0.383 e. The summed E-state index contributed by atoms with van der Waals surface area (Å²) in [5.41, 5.74) is -0.352. The Labute approximate surface area is 126 Å². The van der Waals surface area contributed by atoms with Gasteiger partial charge in [-0.1, -0.05) is 12.1 Å². The van der Waals surface area contributed by atoms with E-state index in [1.54, 1.807) is 7.11 Å². The van der Waals surface area contributed by atoms with E-state index in [-0.39, 0.29) is 5.60 Å². The summed E-state index contributed by atoms with van der Waals surface area (Å²) in [4.78, 5) is 4.54. The first-order valence-corrected chi connectivity index (χ1v) is 7.87. The first-order chi connectivity index (χ1) is 10.2. The van der Waals surface area contributed by atoms with Crippen molar-refractivity contribution >= 4 is 0 Å². The standard InChI is InChI=1S/C15H27N3O3/c1-4-20-15(7-5-12(2)6-8-15)14-17-13(21-18-14)11-16-9-10-19-3/h12,16H,4-11H2,1-3H3. The summed E-state index contributed by atoms with van der Waals surface area (Å²) in [5.74, 6) is 2.07. The summed E-state index contributed by atoms with van der Waals surface area (Å²) in [6.07, 6.45) is 4.24. The third kappa shape index (κ3) is 4.25. The number of hydrogen-bond donors (Lipinski definition) is 1. The Morgan fingerprint density at radius 2 is 2.14 bits per heavy atom. The van der Waals surface area contributed by atoms with Crippen molar-refractivity contribution in [2.75, 3.05) is 26.9 Å². The minimum Gasteiger partial charge on any atom is -0.383 e. The monoisotopic (exact) mass is 297 g/mol. The van der Waals surface area contributed by atoms with E-state index in [0.29, 0.717) is 31.5 Å². The number of nitrogens with zero attached hydrogens (tertiary/aromatic N) is 2. The summed E-state index contributed by atoms with van der Waals surface area (Å²) in [6.45, 7) is 6.98. The van der Waals surface area contributed by atoms with Gasteiger partial charge in [-0.25, -0.2) is 0 Å². The Kier molecular flexibility index (Phi) is 6.14. The van der Waals surface area contributed by atoms with Crippen LogP contribution in [0.1, 0.15) is 51.2 Å². The number of methoxy groups -OCH3 is 1. The van der Waals surface area contributed by atoms with E-state index < -0.39 is 0 Å². The minimum atomic E-state index is -0.352. The van der Waals surface area contributed by atoms with Gasteiger partial charge in [0.1, 0.15) is 5.60 Å². The van der Waals surface area contributed by atoms with Gasteiger partial charge in [0.05, 0.1) is 13.2 Å². The van der Waals surface area contributed by atoms with Crippen LogP contribution in [-0.4, -0.2) is 37.0 Å². The molecule has 0 unspecified atom stereocenters. The molecule has 0 spiro atoms. The summed E-state index contributed by atoms with van der Waals surface area (Å²) in [7, 11) is 1.68. The number of rotatable bonds is 8. The summed E-state index contributed by atoms with van der Waals surface area (Å²) in [5, 5.41) is 7.38. The van der Waals surface area contributed by atoms with E-state index in [4.69, 9.17) is 14.0 Å². The molecule has 0 bridgehead atoms. The highest BCUT2D eigenvalue weighted by Crippen LogP contribution is 2.41. The fraction of sp³-hybridized carbons (Fsp3) is 0.867. The molecule has 21 heavy (non-hydrogen) atoms. The molecule has 0 aliphatic heterocycles. The fourth-order valence-electron chi connectivity index (χ4n) is 2.82. The molecule has 0 radical (unpaired) electrons. The summed E-state index contributed by atoms with van der Waals surface area (Å²) < 4.78 is 16.4. The van der Waals surface area contributed by atoms with Crippen molar-refractivity contribution < 1.29 is 14.0 Å². The molecule has 0 amide bonds. The van der Waals surface area contributed by atoms with Gasteiger partial charge in [0, 0.05) is 20.3 Å². The zero-order chi connectivity index (χ0) is 15.1. The summed E-state index contributed by atoms with van der Waals surface area (Å²) in [6, 6.07) is 0. The van der Waals surface area contributed by atoms with Gasteiger partial charge >= 0.3 is 0 Å². The van der Waals surface area contributed by atoms with Crippen LogP contribution in [0.4, 0.5) is 0 Å². The minimum absolute atomic E-state index is 0.352. The van der Waals surface area contributed by atoms with Gasteiger partial charge in [-0.05, 0) is 38.5 Å². The van der Waals surface area contributed by atoms with Crippen molar-refractivity contribution in [3.63, 3.8) is 0 Å². The molecule has 0 aromatic carbocycles. The smallest absolute Gasteiger partial charge is 0.240 e. The van der Waals surface area contributed by atoms with Gasteiger partial charge in [-0.15, -0.1) is 0 Å². The van der Waals surface area contributed by atoms with Crippen LogP contribution >= 0.6 is 0 Å². The van der Waals surface area contributed by atoms with Gasteiger partial charge < -0.3 is 19.3 Å². The molecule has 6 nitrogen and oxygen atoms in total. The van der Waals surface area contributed by atoms with Crippen LogP contribution in [0.25, 0.3) is 0 Å². The summed E-state index contributed by atoms with van der Waals surface area (Å²) >= 11 is 0. The average Bonchev–Trinajstić information content (AvgIpc) is 2.96. The second kappa shape index (κ2) is 7.87. The number of hydrogen-bond acceptors (Lipinski definition) is 6. The van der Waals surface area contributed by atoms with E-state index in [9.17, 15) is 0 Å². The second-order valence-corrected chi connectivity index (χ2v) is 5.79. The molecule has 1 aromatic rings. The maximum Gasteiger partial charge on any atom is 0.240 e. The van der Waals surface area contributed by atoms with E-state index in [2.05, 4.69) is 22.4 Å². The Bertz CT molecular complexity index is 414. The van der Waals surface area contributed by atoms with Gasteiger partial charge in [0.15, 0.2) is 0 Å². The predicted octanol–water partition coefficient (Wildman–Crippen LogP) is 2.25. The third-order valence-electron chi connectivity index (χ3n) is 4.14. The van der Waals surface area contributed by atoms with Crippen LogP contribution in [0.2, 0.25) is 0 Å². The molecular formula is C15H27N3O3. The molecule has 1 aromatic heterocycles. The van der Waals surface area contributed by atoms with E-state index in [0.717, 1.165) is 38.1 Å². The van der Waals surface area contributed by atoms with Crippen LogP contribution < -0.4 is 5.32 Å². The highest BCUT2D eigenvalue weighted by molar-refractivity contribution is 5.04. The molecule has 1 saturated carbocycles. The lowest BCUT2D eigenvalue weighted by Gasteiger charge is -2.36. The van der Waals surface area contributed by atoms with E-state index >= 15 is 0 Å². The Balaban J connectivity index is 1.99. The second-order valence-electron chi connectivity index (χ2n) is 5.79. The lowest BCUT2D eigenvalue weighted by molar-refractivity contribution is -0.0847. The average molecular weight is 297 g/mol. The molecule has 2 rings (SSSR count). The Morgan fingerprint density at radius 3 is 2.81 bits per heavy atom. The van der Waals surface area contributed by atoms with Gasteiger partial charge in [-0.2, -0.15) is 4.98 Å². The first-order valence-electron chi connectivity index (χ1n) is 7.87. The van der Waals surface area contributed by atoms with Crippen LogP contribution in [-0.2, 0) is 21.6 Å². The molecule has 120 valence electrons. The van der Waals surface area contributed by atoms with Crippen molar-refractivity contribution in [3.8, 4) is 0 Å². The molecular weight excluding hydrogens is 270 g/mol. The predicted molar refractivity (Wildman–Crippen MR) is 78.8 cm³/mol. The molecule has 0 atom stereocenters. The van der Waals surface area contributed by atoms with Gasteiger partial charge in [0.2, 0.25) is 11.7 Å². The van der Waals surface area contributed by atoms with Crippen molar-refractivity contribution in [1.82, 2.24) is 15.5 Å². The molecule has 1 aliphatic carbocycles. The van der Waals surface area contributed by atoms with Gasteiger partial charge in [0.25, 0.3) is 0 Å². The normalized spacial score (nSPS) is 26.1. The number of nitrogens with one attached hydrogen (secondary N) is 1. The third-order valence-corrected chi connectivity index (χ3v) is 4.14. The fourth-order valence-corrected chi connectivity index (χ4v) is 2.82. The van der Waals surface area contributed by atoms with Gasteiger partial charge in [-0.3, -0.25) is 0 Å². The molecule has 1 fully saturated rings. The number of aromatic nitrogens is 2. The molecule has 1 aliphatic rings. The SMILES string of the molecule is CCOC1(c2noc(CNCCOC)n2)CCC(C)CC1. The Hall–Kier alpha value is -0.980. The number of ether oxygens (including phenoxy) is 2. The lowest BCUT2D eigenvalue weighted by atomic mass is 9.79. The van der Waals surface area contributed by atoms with E-state index in [1.807, 2.05) is 6.92 Å². The van der Waals surface area contributed by atoms with Crippen LogP contribution in [0.3, 0.4) is 0 Å².